The second-order valence-electron chi connectivity index (χ2n) is 3.94. The van der Waals surface area contributed by atoms with Crippen LogP contribution in [-0.2, 0) is 4.74 Å². The number of rotatable bonds is 4. The molecule has 0 heterocycles. The molecule has 0 unspecified atom stereocenters. The second-order valence-corrected chi connectivity index (χ2v) is 3.94. The van der Waals surface area contributed by atoms with Crippen LogP contribution in [0.2, 0.25) is 0 Å². The number of carbonyl (C=O) groups excluding carboxylic acids is 1. The van der Waals surface area contributed by atoms with Crippen molar-refractivity contribution in [3.8, 4) is 0 Å². The smallest absolute Gasteiger partial charge is 0.338 e. The summed E-state index contributed by atoms with van der Waals surface area (Å²) in [5.74, 6) is -0.304. The SMILES string of the molecule is CCOC(=O)c1ccc(N)c(NC2CC2)c1. The van der Waals surface area contributed by atoms with Crippen molar-refractivity contribution in [1.29, 1.82) is 0 Å². The zero-order valence-electron chi connectivity index (χ0n) is 9.32. The van der Waals surface area contributed by atoms with E-state index in [9.17, 15) is 4.79 Å². The maximum Gasteiger partial charge on any atom is 0.338 e. The van der Waals surface area contributed by atoms with Gasteiger partial charge in [0.15, 0.2) is 0 Å². The third kappa shape index (κ3) is 2.45. The number of ether oxygens (including phenoxy) is 1. The van der Waals surface area contributed by atoms with E-state index in [-0.39, 0.29) is 5.97 Å². The maximum absolute atomic E-state index is 11.5. The Morgan fingerprint density at radius 3 is 2.94 bits per heavy atom. The highest BCUT2D eigenvalue weighted by Crippen LogP contribution is 2.28. The molecule has 1 fully saturated rings. The number of carbonyl (C=O) groups is 1. The summed E-state index contributed by atoms with van der Waals surface area (Å²) in [6.07, 6.45) is 2.34. The van der Waals surface area contributed by atoms with Crippen molar-refractivity contribution in [2.75, 3.05) is 17.7 Å². The average molecular weight is 220 g/mol. The van der Waals surface area contributed by atoms with Gasteiger partial charge in [-0.1, -0.05) is 0 Å². The Balaban J connectivity index is 2.16. The van der Waals surface area contributed by atoms with E-state index in [0.29, 0.717) is 23.9 Å². The lowest BCUT2D eigenvalue weighted by Crippen LogP contribution is -2.08. The Labute approximate surface area is 94.8 Å². The van der Waals surface area contributed by atoms with Gasteiger partial charge in [0.2, 0.25) is 0 Å². The van der Waals surface area contributed by atoms with Crippen molar-refractivity contribution in [3.05, 3.63) is 23.8 Å². The van der Waals surface area contributed by atoms with E-state index in [4.69, 9.17) is 10.5 Å². The Morgan fingerprint density at radius 1 is 1.56 bits per heavy atom. The van der Waals surface area contributed by atoms with Crippen LogP contribution in [-0.4, -0.2) is 18.6 Å². The van der Waals surface area contributed by atoms with Gasteiger partial charge in [-0.3, -0.25) is 0 Å². The summed E-state index contributed by atoms with van der Waals surface area (Å²) in [5.41, 5.74) is 7.86. The van der Waals surface area contributed by atoms with Gasteiger partial charge >= 0.3 is 5.97 Å². The lowest BCUT2D eigenvalue weighted by Gasteiger charge is -2.10. The molecule has 0 spiro atoms. The standard InChI is InChI=1S/C12H16N2O2/c1-2-16-12(15)8-3-6-10(13)11(7-8)14-9-4-5-9/h3,6-7,9,14H,2,4-5,13H2,1H3. The molecule has 0 aromatic heterocycles. The molecule has 1 aromatic carbocycles. The highest BCUT2D eigenvalue weighted by molar-refractivity contribution is 5.92. The van der Waals surface area contributed by atoms with Crippen LogP contribution in [0.1, 0.15) is 30.1 Å². The Bertz CT molecular complexity index is 400. The molecule has 1 aliphatic carbocycles. The zero-order chi connectivity index (χ0) is 11.5. The Hall–Kier alpha value is -1.71. The van der Waals surface area contributed by atoms with Crippen molar-refractivity contribution in [3.63, 3.8) is 0 Å². The molecule has 16 heavy (non-hydrogen) atoms. The molecule has 4 heteroatoms. The van der Waals surface area contributed by atoms with Gasteiger partial charge in [0.1, 0.15) is 0 Å². The number of hydrogen-bond donors (Lipinski definition) is 2. The Morgan fingerprint density at radius 2 is 2.31 bits per heavy atom. The average Bonchev–Trinajstić information content (AvgIpc) is 3.05. The number of benzene rings is 1. The number of nitrogens with one attached hydrogen (secondary N) is 1. The molecule has 1 aromatic rings. The predicted octanol–water partition coefficient (Wildman–Crippen LogP) is 2.02. The van der Waals surface area contributed by atoms with Crippen molar-refractivity contribution in [2.24, 2.45) is 0 Å². The fraction of sp³-hybridized carbons (Fsp3) is 0.417. The molecular weight excluding hydrogens is 204 g/mol. The van der Waals surface area contributed by atoms with E-state index in [1.165, 1.54) is 12.8 Å². The van der Waals surface area contributed by atoms with Gasteiger partial charge in [-0.05, 0) is 38.0 Å². The highest BCUT2D eigenvalue weighted by Gasteiger charge is 2.22. The summed E-state index contributed by atoms with van der Waals surface area (Å²) in [6, 6.07) is 5.69. The topological polar surface area (TPSA) is 64.3 Å². The van der Waals surface area contributed by atoms with Crippen molar-refractivity contribution < 1.29 is 9.53 Å². The monoisotopic (exact) mass is 220 g/mol. The highest BCUT2D eigenvalue weighted by atomic mass is 16.5. The molecule has 0 saturated heterocycles. The summed E-state index contributed by atoms with van der Waals surface area (Å²) >= 11 is 0. The number of hydrogen-bond acceptors (Lipinski definition) is 4. The third-order valence-corrected chi connectivity index (χ3v) is 2.50. The van der Waals surface area contributed by atoms with Gasteiger partial charge in [-0.2, -0.15) is 0 Å². The molecule has 3 N–H and O–H groups in total. The van der Waals surface area contributed by atoms with E-state index in [2.05, 4.69) is 5.32 Å². The fourth-order valence-electron chi connectivity index (χ4n) is 1.47. The summed E-state index contributed by atoms with van der Waals surface area (Å²) in [5, 5.41) is 3.29. The summed E-state index contributed by atoms with van der Waals surface area (Å²) < 4.78 is 4.94. The van der Waals surface area contributed by atoms with Gasteiger partial charge in [0.25, 0.3) is 0 Å². The van der Waals surface area contributed by atoms with Crippen LogP contribution in [0.5, 0.6) is 0 Å². The molecule has 0 aliphatic heterocycles. The third-order valence-electron chi connectivity index (χ3n) is 2.50. The maximum atomic E-state index is 11.5. The predicted molar refractivity (Wildman–Crippen MR) is 63.5 cm³/mol. The first-order valence-corrected chi connectivity index (χ1v) is 5.54. The summed E-state index contributed by atoms with van der Waals surface area (Å²) in [4.78, 5) is 11.5. The lowest BCUT2D eigenvalue weighted by molar-refractivity contribution is 0.0526. The first-order chi connectivity index (χ1) is 7.70. The van der Waals surface area contributed by atoms with Crippen LogP contribution in [0.4, 0.5) is 11.4 Å². The minimum absolute atomic E-state index is 0.304. The van der Waals surface area contributed by atoms with Gasteiger partial charge in [-0.25, -0.2) is 4.79 Å². The first-order valence-electron chi connectivity index (χ1n) is 5.54. The molecule has 1 saturated carbocycles. The van der Waals surface area contributed by atoms with Crippen LogP contribution >= 0.6 is 0 Å². The normalized spacial score (nSPS) is 14.6. The largest absolute Gasteiger partial charge is 0.462 e. The van der Waals surface area contributed by atoms with E-state index >= 15 is 0 Å². The molecule has 0 atom stereocenters. The van der Waals surface area contributed by atoms with Crippen molar-refractivity contribution in [2.45, 2.75) is 25.8 Å². The van der Waals surface area contributed by atoms with Crippen LogP contribution in [0.3, 0.4) is 0 Å². The quantitative estimate of drug-likeness (QED) is 0.602. The molecule has 4 nitrogen and oxygen atoms in total. The molecule has 0 amide bonds. The molecule has 1 aliphatic rings. The lowest BCUT2D eigenvalue weighted by atomic mass is 10.1. The van der Waals surface area contributed by atoms with E-state index in [0.717, 1.165) is 5.69 Å². The number of anilines is 2. The van der Waals surface area contributed by atoms with Crippen LogP contribution in [0.15, 0.2) is 18.2 Å². The second kappa shape index (κ2) is 4.43. The van der Waals surface area contributed by atoms with Crippen molar-refractivity contribution in [1.82, 2.24) is 0 Å². The van der Waals surface area contributed by atoms with E-state index in [1.807, 2.05) is 0 Å². The molecule has 0 bridgehead atoms. The van der Waals surface area contributed by atoms with Crippen LogP contribution in [0.25, 0.3) is 0 Å². The molecular formula is C12H16N2O2. The molecule has 2 rings (SSSR count). The fourth-order valence-corrected chi connectivity index (χ4v) is 1.47. The zero-order valence-corrected chi connectivity index (χ0v) is 9.32. The van der Waals surface area contributed by atoms with Crippen molar-refractivity contribution >= 4 is 17.3 Å². The minimum Gasteiger partial charge on any atom is -0.462 e. The van der Waals surface area contributed by atoms with E-state index in [1.54, 1.807) is 25.1 Å². The molecule has 0 radical (unpaired) electrons. The molecule has 86 valence electrons. The summed E-state index contributed by atoms with van der Waals surface area (Å²) in [7, 11) is 0. The van der Waals surface area contributed by atoms with Crippen LogP contribution < -0.4 is 11.1 Å². The van der Waals surface area contributed by atoms with Crippen LogP contribution in [0, 0.1) is 0 Å². The minimum atomic E-state index is -0.304. The van der Waals surface area contributed by atoms with Gasteiger partial charge in [0.05, 0.1) is 23.5 Å². The van der Waals surface area contributed by atoms with Gasteiger partial charge in [-0.15, -0.1) is 0 Å². The number of nitrogen functional groups attached to an aromatic ring is 1. The van der Waals surface area contributed by atoms with Gasteiger partial charge < -0.3 is 15.8 Å². The van der Waals surface area contributed by atoms with Gasteiger partial charge in [0, 0.05) is 6.04 Å². The first kappa shape index (κ1) is 10.8. The summed E-state index contributed by atoms with van der Waals surface area (Å²) in [6.45, 7) is 2.17. The van der Waals surface area contributed by atoms with E-state index < -0.39 is 0 Å². The Kier molecular flexibility index (Phi) is 2.99. The number of esters is 1. The number of nitrogens with two attached hydrogens (primary N) is 1.